The van der Waals surface area contributed by atoms with Gasteiger partial charge in [0.05, 0.1) is 17.1 Å². The second kappa shape index (κ2) is 5.28. The molecular weight excluding hydrogens is 252 g/mol. The van der Waals surface area contributed by atoms with Gasteiger partial charge in [-0.25, -0.2) is 4.98 Å². The predicted octanol–water partition coefficient (Wildman–Crippen LogP) is 2.46. The average Bonchev–Trinajstić information content (AvgIpc) is 2.47. The quantitative estimate of drug-likeness (QED) is 0.878. The van der Waals surface area contributed by atoms with Crippen LogP contribution in [0.3, 0.4) is 0 Å². The third kappa shape index (κ3) is 2.61. The van der Waals surface area contributed by atoms with Crippen LogP contribution in [0.25, 0.3) is 11.3 Å². The Balaban J connectivity index is 1.87. The molecule has 5 heteroatoms. The fraction of sp³-hybridized carbons (Fsp3) is 0.267. The summed E-state index contributed by atoms with van der Waals surface area (Å²) in [5, 5.41) is 6.00. The molecule has 3 rings (SSSR count). The normalized spacial score (nSPS) is 13.2. The van der Waals surface area contributed by atoms with Gasteiger partial charge in [-0.3, -0.25) is 9.78 Å². The van der Waals surface area contributed by atoms with E-state index in [0.29, 0.717) is 5.82 Å². The fourth-order valence-corrected chi connectivity index (χ4v) is 2.29. The number of amides is 1. The Morgan fingerprint density at radius 1 is 1.30 bits per heavy atom. The summed E-state index contributed by atoms with van der Waals surface area (Å²) < 4.78 is 0. The van der Waals surface area contributed by atoms with Crippen LogP contribution in [0.4, 0.5) is 11.5 Å². The molecular formula is C15H16N4O. The van der Waals surface area contributed by atoms with E-state index in [0.717, 1.165) is 42.0 Å². The van der Waals surface area contributed by atoms with Crippen molar-refractivity contribution < 1.29 is 4.79 Å². The lowest BCUT2D eigenvalue weighted by molar-refractivity contribution is -0.114. The fourth-order valence-electron chi connectivity index (χ4n) is 2.29. The number of carbonyl (C=O) groups excluding carboxylic acids is 1. The van der Waals surface area contributed by atoms with Crippen LogP contribution < -0.4 is 10.6 Å². The Bertz CT molecular complexity index is 637. The third-order valence-electron chi connectivity index (χ3n) is 3.24. The van der Waals surface area contributed by atoms with Gasteiger partial charge in [-0.2, -0.15) is 0 Å². The van der Waals surface area contributed by atoms with Crippen molar-refractivity contribution in [2.24, 2.45) is 0 Å². The van der Waals surface area contributed by atoms with Gasteiger partial charge < -0.3 is 10.6 Å². The standard InChI is InChI=1S/C15H16N4O/c1-10(20)18-15-7-4-11(9-17-15)12-5-6-13-14(19-12)3-2-8-16-13/h4-7,9,16H,2-3,8H2,1H3,(H,17,18,20). The highest BCUT2D eigenvalue weighted by Crippen LogP contribution is 2.25. The van der Waals surface area contributed by atoms with Crippen LogP contribution in [0.1, 0.15) is 19.0 Å². The van der Waals surface area contributed by atoms with Crippen molar-refractivity contribution in [2.45, 2.75) is 19.8 Å². The van der Waals surface area contributed by atoms with E-state index in [1.54, 1.807) is 12.3 Å². The molecule has 0 atom stereocenters. The van der Waals surface area contributed by atoms with Crippen molar-refractivity contribution in [2.75, 3.05) is 17.2 Å². The van der Waals surface area contributed by atoms with Gasteiger partial charge in [-0.1, -0.05) is 0 Å². The average molecular weight is 268 g/mol. The molecule has 0 fully saturated rings. The minimum absolute atomic E-state index is 0.122. The molecule has 20 heavy (non-hydrogen) atoms. The maximum Gasteiger partial charge on any atom is 0.222 e. The summed E-state index contributed by atoms with van der Waals surface area (Å²) in [5.41, 5.74) is 4.10. The van der Waals surface area contributed by atoms with Crippen LogP contribution >= 0.6 is 0 Å². The zero-order valence-corrected chi connectivity index (χ0v) is 11.3. The monoisotopic (exact) mass is 268 g/mol. The zero-order chi connectivity index (χ0) is 13.9. The number of carbonyl (C=O) groups is 1. The van der Waals surface area contributed by atoms with Crippen LogP contribution in [0.5, 0.6) is 0 Å². The highest BCUT2D eigenvalue weighted by molar-refractivity contribution is 5.87. The number of anilines is 2. The molecule has 0 saturated heterocycles. The Hall–Kier alpha value is -2.43. The number of aromatic nitrogens is 2. The molecule has 0 spiro atoms. The van der Waals surface area contributed by atoms with Gasteiger partial charge in [-0.05, 0) is 37.1 Å². The lowest BCUT2D eigenvalue weighted by atomic mass is 10.1. The largest absolute Gasteiger partial charge is 0.384 e. The molecule has 3 heterocycles. The van der Waals surface area contributed by atoms with E-state index in [2.05, 4.69) is 26.7 Å². The topological polar surface area (TPSA) is 66.9 Å². The second-order valence-corrected chi connectivity index (χ2v) is 4.83. The van der Waals surface area contributed by atoms with Gasteiger partial charge in [0.2, 0.25) is 5.91 Å². The van der Waals surface area contributed by atoms with Gasteiger partial charge in [0, 0.05) is 25.2 Å². The molecule has 1 aliphatic rings. The van der Waals surface area contributed by atoms with Crippen LogP contribution in [0.2, 0.25) is 0 Å². The van der Waals surface area contributed by atoms with Gasteiger partial charge in [-0.15, -0.1) is 0 Å². The number of nitrogens with zero attached hydrogens (tertiary/aromatic N) is 2. The maximum absolute atomic E-state index is 11.0. The molecule has 2 aromatic heterocycles. The molecule has 0 saturated carbocycles. The first-order valence-corrected chi connectivity index (χ1v) is 6.70. The third-order valence-corrected chi connectivity index (χ3v) is 3.24. The summed E-state index contributed by atoms with van der Waals surface area (Å²) in [6, 6.07) is 7.77. The van der Waals surface area contributed by atoms with Crippen molar-refractivity contribution >= 4 is 17.4 Å². The minimum Gasteiger partial charge on any atom is -0.384 e. The Morgan fingerprint density at radius 3 is 2.95 bits per heavy atom. The van der Waals surface area contributed by atoms with Crippen molar-refractivity contribution in [1.82, 2.24) is 9.97 Å². The summed E-state index contributed by atoms with van der Waals surface area (Å²) >= 11 is 0. The number of fused-ring (bicyclic) bond motifs is 1. The number of hydrogen-bond donors (Lipinski definition) is 2. The molecule has 1 amide bonds. The van der Waals surface area contributed by atoms with Crippen molar-refractivity contribution in [3.8, 4) is 11.3 Å². The van der Waals surface area contributed by atoms with Gasteiger partial charge >= 0.3 is 0 Å². The lowest BCUT2D eigenvalue weighted by Crippen LogP contribution is -2.13. The summed E-state index contributed by atoms with van der Waals surface area (Å²) in [4.78, 5) is 19.9. The van der Waals surface area contributed by atoms with Gasteiger partial charge in [0.15, 0.2) is 0 Å². The highest BCUT2D eigenvalue weighted by Gasteiger charge is 2.11. The minimum atomic E-state index is -0.122. The van der Waals surface area contributed by atoms with E-state index in [1.807, 2.05) is 12.1 Å². The predicted molar refractivity (Wildman–Crippen MR) is 78.6 cm³/mol. The van der Waals surface area contributed by atoms with E-state index in [4.69, 9.17) is 0 Å². The molecule has 0 aliphatic carbocycles. The van der Waals surface area contributed by atoms with Crippen molar-refractivity contribution in [1.29, 1.82) is 0 Å². The van der Waals surface area contributed by atoms with E-state index in [1.165, 1.54) is 6.92 Å². The van der Waals surface area contributed by atoms with E-state index in [-0.39, 0.29) is 5.91 Å². The maximum atomic E-state index is 11.0. The SMILES string of the molecule is CC(=O)Nc1ccc(-c2ccc3c(n2)CCCN3)cn1. The Morgan fingerprint density at radius 2 is 2.20 bits per heavy atom. The molecule has 102 valence electrons. The smallest absolute Gasteiger partial charge is 0.222 e. The van der Waals surface area contributed by atoms with Crippen LogP contribution in [0.15, 0.2) is 30.5 Å². The lowest BCUT2D eigenvalue weighted by Gasteiger charge is -2.17. The summed E-state index contributed by atoms with van der Waals surface area (Å²) in [5.74, 6) is 0.434. The number of hydrogen-bond acceptors (Lipinski definition) is 4. The van der Waals surface area contributed by atoms with Crippen LogP contribution in [-0.4, -0.2) is 22.4 Å². The number of pyridine rings is 2. The molecule has 5 nitrogen and oxygen atoms in total. The van der Waals surface area contributed by atoms with Crippen molar-refractivity contribution in [3.63, 3.8) is 0 Å². The van der Waals surface area contributed by atoms with Crippen molar-refractivity contribution in [3.05, 3.63) is 36.2 Å². The van der Waals surface area contributed by atoms with E-state index < -0.39 is 0 Å². The number of nitrogens with one attached hydrogen (secondary N) is 2. The first-order valence-electron chi connectivity index (χ1n) is 6.70. The summed E-state index contributed by atoms with van der Waals surface area (Å²) in [6.07, 6.45) is 3.85. The van der Waals surface area contributed by atoms with Gasteiger partial charge in [0.25, 0.3) is 0 Å². The van der Waals surface area contributed by atoms with E-state index in [9.17, 15) is 4.79 Å². The Labute approximate surface area is 117 Å². The first kappa shape index (κ1) is 12.6. The van der Waals surface area contributed by atoms with Crippen LogP contribution in [-0.2, 0) is 11.2 Å². The molecule has 0 radical (unpaired) electrons. The molecule has 0 bridgehead atoms. The molecule has 1 aliphatic heterocycles. The summed E-state index contributed by atoms with van der Waals surface area (Å²) in [7, 11) is 0. The number of aryl methyl sites for hydroxylation is 1. The first-order chi connectivity index (χ1) is 9.72. The number of rotatable bonds is 2. The summed E-state index contributed by atoms with van der Waals surface area (Å²) in [6.45, 7) is 2.48. The van der Waals surface area contributed by atoms with Gasteiger partial charge in [0.1, 0.15) is 5.82 Å². The Kier molecular flexibility index (Phi) is 3.33. The van der Waals surface area contributed by atoms with E-state index >= 15 is 0 Å². The molecule has 2 N–H and O–H groups in total. The zero-order valence-electron chi connectivity index (χ0n) is 11.3. The highest BCUT2D eigenvalue weighted by atomic mass is 16.1. The molecule has 2 aromatic rings. The molecule has 0 aromatic carbocycles. The molecule has 0 unspecified atom stereocenters. The second-order valence-electron chi connectivity index (χ2n) is 4.83. The van der Waals surface area contributed by atoms with Crippen LogP contribution in [0, 0.1) is 0 Å².